The number of ether oxygens (including phenoxy) is 1. The van der Waals surface area contributed by atoms with Gasteiger partial charge >= 0.3 is 0 Å². The number of aromatic nitrogens is 3. The Bertz CT molecular complexity index is 286. The summed E-state index contributed by atoms with van der Waals surface area (Å²) in [6, 6.07) is 0. The lowest BCUT2D eigenvalue weighted by molar-refractivity contribution is 0.130. The number of rotatable bonds is 10. The fourth-order valence-electron chi connectivity index (χ4n) is 1.64. The first kappa shape index (κ1) is 14.2. The van der Waals surface area contributed by atoms with Crippen LogP contribution in [0.25, 0.3) is 0 Å². The van der Waals surface area contributed by atoms with Crippen LogP contribution in [0.4, 0.5) is 0 Å². The van der Waals surface area contributed by atoms with Crippen molar-refractivity contribution in [2.24, 2.45) is 0 Å². The van der Waals surface area contributed by atoms with E-state index in [4.69, 9.17) is 4.74 Å². The maximum atomic E-state index is 5.43. The van der Waals surface area contributed by atoms with Gasteiger partial charge in [0.2, 0.25) is 0 Å². The Balaban J connectivity index is 2.08. The lowest BCUT2D eigenvalue weighted by atomic mass is 10.2. The Morgan fingerprint density at radius 3 is 2.76 bits per heavy atom. The molecule has 4 heteroatoms. The molecule has 17 heavy (non-hydrogen) atoms. The van der Waals surface area contributed by atoms with Crippen molar-refractivity contribution in [3.8, 4) is 0 Å². The lowest BCUT2D eigenvalue weighted by Crippen LogP contribution is -2.01. The van der Waals surface area contributed by atoms with Gasteiger partial charge in [-0.25, -0.2) is 0 Å². The van der Waals surface area contributed by atoms with Crippen molar-refractivity contribution in [2.75, 3.05) is 13.2 Å². The second-order valence-corrected chi connectivity index (χ2v) is 4.40. The molecule has 0 spiro atoms. The van der Waals surface area contributed by atoms with Crippen molar-refractivity contribution < 1.29 is 4.74 Å². The van der Waals surface area contributed by atoms with Gasteiger partial charge in [0.25, 0.3) is 0 Å². The second-order valence-electron chi connectivity index (χ2n) is 4.40. The molecule has 0 aliphatic rings. The first-order valence-corrected chi connectivity index (χ1v) is 6.83. The van der Waals surface area contributed by atoms with Gasteiger partial charge in [-0.2, -0.15) is 0 Å². The van der Waals surface area contributed by atoms with Crippen LogP contribution in [0, 0.1) is 0 Å². The molecule has 0 aromatic carbocycles. The van der Waals surface area contributed by atoms with Gasteiger partial charge in [0.15, 0.2) is 0 Å². The summed E-state index contributed by atoms with van der Waals surface area (Å²) < 4.78 is 7.38. The summed E-state index contributed by atoms with van der Waals surface area (Å²) >= 11 is 0. The predicted octanol–water partition coefficient (Wildman–Crippen LogP) is 2.83. The minimum absolute atomic E-state index is 0.866. The molecule has 0 N–H and O–H groups in total. The SMILES string of the molecule is CCCCc1cn(CCCCOCCC)nn1. The molecule has 1 rings (SSSR count). The third-order valence-corrected chi connectivity index (χ3v) is 2.65. The van der Waals surface area contributed by atoms with Crippen molar-refractivity contribution in [2.45, 2.75) is 58.9 Å². The molecule has 98 valence electrons. The normalized spacial score (nSPS) is 10.9. The Kier molecular flexibility index (Phi) is 7.63. The highest BCUT2D eigenvalue weighted by molar-refractivity contribution is 4.91. The van der Waals surface area contributed by atoms with Crippen LogP contribution < -0.4 is 0 Å². The van der Waals surface area contributed by atoms with Crippen LogP contribution in [-0.4, -0.2) is 28.2 Å². The average Bonchev–Trinajstić information content (AvgIpc) is 2.79. The van der Waals surface area contributed by atoms with Crippen LogP contribution in [0.1, 0.15) is 51.6 Å². The minimum Gasteiger partial charge on any atom is -0.381 e. The number of nitrogens with zero attached hydrogens (tertiary/aromatic N) is 3. The first-order valence-electron chi connectivity index (χ1n) is 6.83. The van der Waals surface area contributed by atoms with Gasteiger partial charge in [0.1, 0.15) is 0 Å². The quantitative estimate of drug-likeness (QED) is 0.589. The highest BCUT2D eigenvalue weighted by Gasteiger charge is 1.99. The van der Waals surface area contributed by atoms with E-state index in [1.54, 1.807) is 0 Å². The molecule has 0 bridgehead atoms. The molecule has 0 saturated carbocycles. The fraction of sp³-hybridized carbons (Fsp3) is 0.846. The maximum absolute atomic E-state index is 5.43. The van der Waals surface area contributed by atoms with Crippen molar-refractivity contribution in [3.63, 3.8) is 0 Å². The van der Waals surface area contributed by atoms with Gasteiger partial charge in [-0.15, -0.1) is 5.10 Å². The van der Waals surface area contributed by atoms with Crippen molar-refractivity contribution in [1.82, 2.24) is 15.0 Å². The second kappa shape index (κ2) is 9.16. The minimum atomic E-state index is 0.866. The molecule has 0 amide bonds. The largest absolute Gasteiger partial charge is 0.381 e. The smallest absolute Gasteiger partial charge is 0.0827 e. The molecule has 1 aromatic heterocycles. The van der Waals surface area contributed by atoms with Crippen molar-refractivity contribution in [1.29, 1.82) is 0 Å². The Morgan fingerprint density at radius 2 is 2.00 bits per heavy atom. The molecule has 1 aromatic rings. The highest BCUT2D eigenvalue weighted by atomic mass is 16.5. The van der Waals surface area contributed by atoms with Crippen molar-refractivity contribution in [3.05, 3.63) is 11.9 Å². The van der Waals surface area contributed by atoms with E-state index in [9.17, 15) is 0 Å². The predicted molar refractivity (Wildman–Crippen MR) is 69.0 cm³/mol. The third-order valence-electron chi connectivity index (χ3n) is 2.65. The maximum Gasteiger partial charge on any atom is 0.0827 e. The zero-order chi connectivity index (χ0) is 12.3. The molecular formula is C13H25N3O. The summed E-state index contributed by atoms with van der Waals surface area (Å²) in [5.74, 6) is 0. The van der Waals surface area contributed by atoms with E-state index in [2.05, 4.69) is 30.4 Å². The highest BCUT2D eigenvalue weighted by Crippen LogP contribution is 2.02. The molecule has 0 unspecified atom stereocenters. The molecule has 0 aliphatic heterocycles. The van der Waals surface area contributed by atoms with E-state index < -0.39 is 0 Å². The van der Waals surface area contributed by atoms with E-state index in [1.807, 2.05) is 4.68 Å². The van der Waals surface area contributed by atoms with Gasteiger partial charge in [-0.3, -0.25) is 4.68 Å². The summed E-state index contributed by atoms with van der Waals surface area (Å²) in [7, 11) is 0. The molecule has 0 saturated heterocycles. The Labute approximate surface area is 104 Å². The third kappa shape index (κ3) is 6.41. The van der Waals surface area contributed by atoms with Crippen LogP contribution in [0.2, 0.25) is 0 Å². The monoisotopic (exact) mass is 239 g/mol. The zero-order valence-electron chi connectivity index (χ0n) is 11.2. The number of aryl methyl sites for hydroxylation is 2. The van der Waals surface area contributed by atoms with Gasteiger partial charge in [-0.05, 0) is 32.1 Å². The molecule has 0 fully saturated rings. The Hall–Kier alpha value is -0.900. The average molecular weight is 239 g/mol. The summed E-state index contributed by atoms with van der Waals surface area (Å²) in [6.45, 7) is 7.03. The zero-order valence-corrected chi connectivity index (χ0v) is 11.2. The molecule has 0 radical (unpaired) electrons. The van der Waals surface area contributed by atoms with Gasteiger partial charge in [0.05, 0.1) is 5.69 Å². The van der Waals surface area contributed by atoms with E-state index in [-0.39, 0.29) is 0 Å². The topological polar surface area (TPSA) is 39.9 Å². The number of hydrogen-bond donors (Lipinski definition) is 0. The molecule has 1 heterocycles. The Morgan fingerprint density at radius 1 is 1.12 bits per heavy atom. The number of hydrogen-bond acceptors (Lipinski definition) is 3. The molecule has 0 atom stereocenters. The summed E-state index contributed by atoms with van der Waals surface area (Å²) in [5, 5.41) is 8.29. The molecule has 0 aliphatic carbocycles. The van der Waals surface area contributed by atoms with Crippen LogP contribution in [0.15, 0.2) is 6.20 Å². The molecule has 4 nitrogen and oxygen atoms in total. The standard InChI is InChI=1S/C13H25N3O/c1-3-5-8-13-12-16(15-14-13)9-6-7-11-17-10-4-2/h12H,3-11H2,1-2H3. The fourth-order valence-corrected chi connectivity index (χ4v) is 1.64. The molecular weight excluding hydrogens is 214 g/mol. The number of unbranched alkanes of at least 4 members (excludes halogenated alkanes) is 2. The summed E-state index contributed by atoms with van der Waals surface area (Å²) in [5.41, 5.74) is 1.12. The van der Waals surface area contributed by atoms with Gasteiger partial charge < -0.3 is 4.74 Å². The van der Waals surface area contributed by atoms with Gasteiger partial charge in [0, 0.05) is 26.0 Å². The summed E-state index contributed by atoms with van der Waals surface area (Å²) in [6.07, 6.45) is 8.85. The van der Waals surface area contributed by atoms with E-state index in [0.29, 0.717) is 0 Å². The van der Waals surface area contributed by atoms with Crippen LogP contribution in [-0.2, 0) is 17.7 Å². The van der Waals surface area contributed by atoms with Crippen LogP contribution in [0.3, 0.4) is 0 Å². The summed E-state index contributed by atoms with van der Waals surface area (Å²) in [4.78, 5) is 0. The van der Waals surface area contributed by atoms with Crippen molar-refractivity contribution >= 4 is 0 Å². The van der Waals surface area contributed by atoms with Crippen LogP contribution >= 0.6 is 0 Å². The first-order chi connectivity index (χ1) is 8.36. The van der Waals surface area contributed by atoms with E-state index in [0.717, 1.165) is 51.1 Å². The van der Waals surface area contributed by atoms with E-state index in [1.165, 1.54) is 12.8 Å². The van der Waals surface area contributed by atoms with Gasteiger partial charge in [-0.1, -0.05) is 25.5 Å². The van der Waals surface area contributed by atoms with Crippen LogP contribution in [0.5, 0.6) is 0 Å². The van der Waals surface area contributed by atoms with E-state index >= 15 is 0 Å². The lowest BCUT2D eigenvalue weighted by Gasteiger charge is -2.02.